The van der Waals surface area contributed by atoms with Crippen molar-refractivity contribution < 1.29 is 8.83 Å². The van der Waals surface area contributed by atoms with E-state index in [9.17, 15) is 0 Å². The maximum atomic E-state index is 6.96. The number of aromatic nitrogens is 5. The molecule has 0 aliphatic rings. The monoisotopic (exact) mass is 843 g/mol. The van der Waals surface area contributed by atoms with E-state index in [2.05, 4.69) is 185 Å². The molecule has 0 saturated heterocycles. The van der Waals surface area contributed by atoms with Gasteiger partial charge in [0.1, 0.15) is 22.3 Å². The van der Waals surface area contributed by atoms with Crippen LogP contribution in [0.1, 0.15) is 0 Å². The summed E-state index contributed by atoms with van der Waals surface area (Å²) in [5.41, 5.74) is 9.85. The van der Waals surface area contributed by atoms with E-state index in [1.807, 2.05) is 24.3 Å². The second-order valence-corrected chi connectivity index (χ2v) is 17.1. The van der Waals surface area contributed by atoms with Crippen LogP contribution in [-0.2, 0) is 0 Å². The largest absolute Gasteiger partial charge is 0.455 e. The minimum Gasteiger partial charge on any atom is -0.455 e. The Morgan fingerprint density at radius 1 is 0.333 bits per heavy atom. The Labute approximate surface area is 375 Å². The minimum absolute atomic E-state index is 0.501. The van der Waals surface area contributed by atoms with Crippen LogP contribution in [0.2, 0.25) is 0 Å². The molecule has 0 radical (unpaired) electrons. The van der Waals surface area contributed by atoms with Crippen LogP contribution in [-0.4, -0.2) is 24.1 Å². The van der Waals surface area contributed by atoms with E-state index in [-0.39, 0.29) is 0 Å². The third-order valence-electron chi connectivity index (χ3n) is 13.5. The highest BCUT2D eigenvalue weighted by molar-refractivity contribution is 6.26. The van der Waals surface area contributed by atoms with Gasteiger partial charge in [0.15, 0.2) is 11.6 Å². The predicted molar refractivity (Wildman–Crippen MR) is 269 cm³/mol. The molecule has 15 rings (SSSR count). The summed E-state index contributed by atoms with van der Waals surface area (Å²) < 4.78 is 18.3. The third-order valence-corrected chi connectivity index (χ3v) is 13.5. The standard InChI is InChI=1S/C59H33N5O2/c1-2-17-35-33-49-45(32-34(35)16-1)38-20-7-10-27-46(38)63(49)54-52-43-24-9-14-31-51(43)66-56(52)42-23-4-3-22-40(42)53(54)58-60-57(44-26-15-25-41-39-21-8-13-30-50(39)65-55(41)44)61-59(62-58)64-47-28-11-5-18-36(47)37-19-6-12-29-48(37)64/h1-33H. The molecule has 0 unspecified atom stereocenters. The van der Waals surface area contributed by atoms with Crippen LogP contribution in [0.4, 0.5) is 0 Å². The van der Waals surface area contributed by atoms with Gasteiger partial charge in [-0.05, 0) is 64.7 Å². The van der Waals surface area contributed by atoms with Crippen molar-refractivity contribution >= 4 is 109 Å². The Hall–Kier alpha value is -9.07. The zero-order valence-corrected chi connectivity index (χ0v) is 35.1. The molecule has 5 heterocycles. The van der Waals surface area contributed by atoms with E-state index >= 15 is 0 Å². The van der Waals surface area contributed by atoms with E-state index < -0.39 is 0 Å². The Bertz CT molecular complexity index is 4500. The number of hydrogen-bond acceptors (Lipinski definition) is 5. The zero-order chi connectivity index (χ0) is 43.0. The SMILES string of the molecule is c1ccc2cc3c(cc2c1)c1ccccc1n3-c1c(-c2nc(-c3cccc4c3oc3ccccc34)nc(-n3c4ccccc4c4ccccc43)n2)c2ccccc2c2oc3ccccc3c12. The highest BCUT2D eigenvalue weighted by Gasteiger charge is 2.29. The number of nitrogens with zero attached hydrogens (tertiary/aromatic N) is 5. The van der Waals surface area contributed by atoms with Gasteiger partial charge in [0.2, 0.25) is 5.95 Å². The zero-order valence-electron chi connectivity index (χ0n) is 35.1. The van der Waals surface area contributed by atoms with Crippen LogP contribution in [0.25, 0.3) is 143 Å². The van der Waals surface area contributed by atoms with Crippen molar-refractivity contribution in [2.75, 3.05) is 0 Å². The van der Waals surface area contributed by atoms with Crippen LogP contribution in [0, 0.1) is 0 Å². The smallest absolute Gasteiger partial charge is 0.238 e. The summed E-state index contributed by atoms with van der Waals surface area (Å²) in [5.74, 6) is 1.53. The molecule has 0 aliphatic carbocycles. The van der Waals surface area contributed by atoms with Gasteiger partial charge >= 0.3 is 0 Å². The number of rotatable bonds is 4. The quantitative estimate of drug-likeness (QED) is 0.176. The summed E-state index contributed by atoms with van der Waals surface area (Å²) in [6, 6.07) is 70.1. The first-order chi connectivity index (χ1) is 32.7. The van der Waals surface area contributed by atoms with Gasteiger partial charge in [-0.15, -0.1) is 0 Å². The van der Waals surface area contributed by atoms with E-state index in [4.69, 9.17) is 23.8 Å². The predicted octanol–water partition coefficient (Wildman–Crippen LogP) is 15.5. The molecule has 0 fully saturated rings. The number of hydrogen-bond donors (Lipinski definition) is 0. The van der Waals surface area contributed by atoms with E-state index in [1.54, 1.807) is 0 Å². The first-order valence-electron chi connectivity index (χ1n) is 22.2. The lowest BCUT2D eigenvalue weighted by molar-refractivity contribution is 0.669. The molecule has 7 heteroatoms. The van der Waals surface area contributed by atoms with Crippen LogP contribution in [0.5, 0.6) is 0 Å². The number of furan rings is 2. The number of fused-ring (bicyclic) bond motifs is 15. The lowest BCUT2D eigenvalue weighted by Gasteiger charge is -2.19. The van der Waals surface area contributed by atoms with Crippen LogP contribution in [0.3, 0.4) is 0 Å². The maximum absolute atomic E-state index is 6.96. The summed E-state index contributed by atoms with van der Waals surface area (Å²) in [4.78, 5) is 16.7. The molecule has 306 valence electrons. The normalized spacial score (nSPS) is 12.2. The molecule has 0 saturated carbocycles. The highest BCUT2D eigenvalue weighted by Crippen LogP contribution is 2.48. The average molecular weight is 844 g/mol. The number of benzene rings is 10. The Morgan fingerprint density at radius 2 is 0.833 bits per heavy atom. The van der Waals surface area contributed by atoms with Crippen molar-refractivity contribution in [1.82, 2.24) is 24.1 Å². The summed E-state index contributed by atoms with van der Waals surface area (Å²) in [6.45, 7) is 0. The summed E-state index contributed by atoms with van der Waals surface area (Å²) in [6.07, 6.45) is 0. The topological polar surface area (TPSA) is 74.8 Å². The lowest BCUT2D eigenvalue weighted by atomic mass is 9.96. The molecular formula is C59H33N5O2. The van der Waals surface area contributed by atoms with Crippen molar-refractivity contribution in [2.45, 2.75) is 0 Å². The van der Waals surface area contributed by atoms with Crippen molar-refractivity contribution in [3.8, 4) is 34.4 Å². The lowest BCUT2D eigenvalue weighted by Crippen LogP contribution is -2.08. The summed E-state index contributed by atoms with van der Waals surface area (Å²) >= 11 is 0. The average Bonchev–Trinajstić information content (AvgIpc) is 4.13. The molecule has 0 aliphatic heterocycles. The summed E-state index contributed by atoms with van der Waals surface area (Å²) in [7, 11) is 0. The van der Waals surface area contributed by atoms with Gasteiger partial charge in [-0.2, -0.15) is 9.97 Å². The molecule has 0 amide bonds. The van der Waals surface area contributed by atoms with Gasteiger partial charge in [0.25, 0.3) is 0 Å². The van der Waals surface area contributed by atoms with Crippen molar-refractivity contribution in [1.29, 1.82) is 0 Å². The molecule has 0 bridgehead atoms. The second kappa shape index (κ2) is 13.2. The first kappa shape index (κ1) is 35.4. The second-order valence-electron chi connectivity index (χ2n) is 17.1. The summed E-state index contributed by atoms with van der Waals surface area (Å²) in [5, 5.41) is 12.8. The van der Waals surface area contributed by atoms with E-state index in [0.717, 1.165) is 120 Å². The van der Waals surface area contributed by atoms with Gasteiger partial charge in [0.05, 0.1) is 44.3 Å². The van der Waals surface area contributed by atoms with Crippen molar-refractivity contribution in [3.05, 3.63) is 200 Å². The molecule has 0 atom stereocenters. The van der Waals surface area contributed by atoms with Crippen LogP contribution in [0.15, 0.2) is 209 Å². The van der Waals surface area contributed by atoms with Crippen molar-refractivity contribution in [2.24, 2.45) is 0 Å². The fourth-order valence-electron chi connectivity index (χ4n) is 10.7. The van der Waals surface area contributed by atoms with Gasteiger partial charge in [0, 0.05) is 43.1 Å². The highest BCUT2D eigenvalue weighted by atomic mass is 16.3. The molecule has 0 spiro atoms. The first-order valence-corrected chi connectivity index (χ1v) is 22.2. The molecular weight excluding hydrogens is 811 g/mol. The minimum atomic E-state index is 0.501. The molecule has 0 N–H and O–H groups in total. The van der Waals surface area contributed by atoms with Crippen LogP contribution < -0.4 is 0 Å². The molecule has 10 aromatic carbocycles. The van der Waals surface area contributed by atoms with Gasteiger partial charge < -0.3 is 13.4 Å². The Balaban J connectivity index is 1.16. The molecule has 5 aromatic heterocycles. The third kappa shape index (κ3) is 4.83. The Morgan fingerprint density at radius 3 is 1.56 bits per heavy atom. The van der Waals surface area contributed by atoms with Gasteiger partial charge in [-0.25, -0.2) is 4.98 Å². The van der Waals surface area contributed by atoms with Gasteiger partial charge in [-0.1, -0.05) is 152 Å². The fraction of sp³-hybridized carbons (Fsp3) is 0. The fourth-order valence-corrected chi connectivity index (χ4v) is 10.7. The van der Waals surface area contributed by atoms with Gasteiger partial charge in [-0.3, -0.25) is 4.57 Å². The molecule has 15 aromatic rings. The Kier molecular flexibility index (Phi) is 7.10. The maximum Gasteiger partial charge on any atom is 0.238 e. The number of para-hydroxylation sites is 6. The van der Waals surface area contributed by atoms with Crippen molar-refractivity contribution in [3.63, 3.8) is 0 Å². The van der Waals surface area contributed by atoms with E-state index in [0.29, 0.717) is 17.6 Å². The molecule has 7 nitrogen and oxygen atoms in total. The molecule has 66 heavy (non-hydrogen) atoms. The van der Waals surface area contributed by atoms with Crippen LogP contribution >= 0.6 is 0 Å². The van der Waals surface area contributed by atoms with E-state index in [1.165, 1.54) is 5.39 Å².